The Morgan fingerprint density at radius 3 is 1.97 bits per heavy atom. The van der Waals surface area contributed by atoms with Crippen molar-refractivity contribution in [1.29, 1.82) is 0 Å². The number of methoxy groups -OCH3 is 1. The van der Waals surface area contributed by atoms with Crippen molar-refractivity contribution in [2.24, 2.45) is 0 Å². The summed E-state index contributed by atoms with van der Waals surface area (Å²) in [5, 5.41) is 11.1. The molecule has 0 saturated carbocycles. The van der Waals surface area contributed by atoms with Gasteiger partial charge < -0.3 is 14.4 Å². The quantitative estimate of drug-likeness (QED) is 0.274. The fraction of sp³-hybridized carbons (Fsp3) is 0.200. The highest BCUT2D eigenvalue weighted by molar-refractivity contribution is 5.95. The lowest BCUT2D eigenvalue weighted by atomic mass is 10.1. The Labute approximate surface area is 191 Å². The summed E-state index contributed by atoms with van der Waals surface area (Å²) in [5.41, 5.74) is 1.46. The SMILES string of the molecule is COc1ccc([N+](=O)[O-])cc1C(=O)OC(C)C(=O)N(Cc1ccccc1)Cc1ccccc1. The summed E-state index contributed by atoms with van der Waals surface area (Å²) in [5.74, 6) is -1.15. The molecule has 0 radical (unpaired) electrons. The van der Waals surface area contributed by atoms with Crippen LogP contribution in [0.4, 0.5) is 5.69 Å². The maximum Gasteiger partial charge on any atom is 0.342 e. The molecule has 1 atom stereocenters. The molecule has 8 nitrogen and oxygen atoms in total. The van der Waals surface area contributed by atoms with Crippen molar-refractivity contribution in [1.82, 2.24) is 4.90 Å². The molecule has 170 valence electrons. The van der Waals surface area contributed by atoms with E-state index < -0.39 is 17.0 Å². The molecule has 0 aliphatic rings. The van der Waals surface area contributed by atoms with Crippen LogP contribution in [0.15, 0.2) is 78.9 Å². The Hall–Kier alpha value is -4.20. The van der Waals surface area contributed by atoms with Gasteiger partial charge in [0, 0.05) is 25.2 Å². The van der Waals surface area contributed by atoms with Crippen LogP contribution in [0, 0.1) is 10.1 Å². The van der Waals surface area contributed by atoms with E-state index in [0.717, 1.165) is 17.2 Å². The number of nitrogens with zero attached hydrogens (tertiary/aromatic N) is 2. The number of nitro benzene ring substituents is 1. The van der Waals surface area contributed by atoms with Crippen molar-refractivity contribution in [2.75, 3.05) is 7.11 Å². The molecule has 0 fully saturated rings. The second-order valence-corrected chi connectivity index (χ2v) is 7.35. The summed E-state index contributed by atoms with van der Waals surface area (Å²) in [6.45, 7) is 2.14. The molecule has 0 saturated heterocycles. The van der Waals surface area contributed by atoms with Crippen LogP contribution in [0.3, 0.4) is 0 Å². The van der Waals surface area contributed by atoms with Gasteiger partial charge in [-0.2, -0.15) is 0 Å². The molecule has 3 aromatic carbocycles. The van der Waals surface area contributed by atoms with Gasteiger partial charge in [-0.1, -0.05) is 60.7 Å². The average molecular weight is 448 g/mol. The van der Waals surface area contributed by atoms with Gasteiger partial charge in [0.05, 0.1) is 12.0 Å². The number of non-ortho nitro benzene ring substituents is 1. The van der Waals surface area contributed by atoms with Crippen molar-refractivity contribution < 1.29 is 24.0 Å². The van der Waals surface area contributed by atoms with Crippen LogP contribution in [-0.2, 0) is 22.6 Å². The van der Waals surface area contributed by atoms with E-state index in [1.165, 1.54) is 26.2 Å². The monoisotopic (exact) mass is 448 g/mol. The molecule has 3 aromatic rings. The minimum Gasteiger partial charge on any atom is -0.496 e. The summed E-state index contributed by atoms with van der Waals surface area (Å²) in [6, 6.07) is 22.6. The van der Waals surface area contributed by atoms with Crippen molar-refractivity contribution in [3.63, 3.8) is 0 Å². The number of esters is 1. The van der Waals surface area contributed by atoms with Gasteiger partial charge in [0.1, 0.15) is 11.3 Å². The zero-order chi connectivity index (χ0) is 23.8. The highest BCUT2D eigenvalue weighted by atomic mass is 16.6. The molecule has 0 bridgehead atoms. The molecule has 8 heteroatoms. The minimum atomic E-state index is -1.12. The van der Waals surface area contributed by atoms with Crippen LogP contribution >= 0.6 is 0 Å². The van der Waals surface area contributed by atoms with Crippen LogP contribution in [0.25, 0.3) is 0 Å². The van der Waals surface area contributed by atoms with Crippen LogP contribution in [0.2, 0.25) is 0 Å². The lowest BCUT2D eigenvalue weighted by molar-refractivity contribution is -0.384. The topological polar surface area (TPSA) is 99.0 Å². The number of hydrogen-bond acceptors (Lipinski definition) is 6. The van der Waals surface area contributed by atoms with Gasteiger partial charge in [0.2, 0.25) is 0 Å². The second-order valence-electron chi connectivity index (χ2n) is 7.35. The average Bonchev–Trinajstić information content (AvgIpc) is 2.83. The van der Waals surface area contributed by atoms with Crippen LogP contribution in [0.5, 0.6) is 5.75 Å². The summed E-state index contributed by atoms with van der Waals surface area (Å²) < 4.78 is 10.5. The fourth-order valence-corrected chi connectivity index (χ4v) is 3.32. The zero-order valence-electron chi connectivity index (χ0n) is 18.3. The Kier molecular flexibility index (Phi) is 7.75. The van der Waals surface area contributed by atoms with E-state index in [-0.39, 0.29) is 22.9 Å². The van der Waals surface area contributed by atoms with E-state index in [2.05, 4.69) is 0 Å². The molecule has 0 spiro atoms. The second kappa shape index (κ2) is 10.9. The summed E-state index contributed by atoms with van der Waals surface area (Å²) in [4.78, 5) is 38.1. The molecule has 0 aliphatic heterocycles. The van der Waals surface area contributed by atoms with E-state index in [1.807, 2.05) is 60.7 Å². The Morgan fingerprint density at radius 2 is 1.48 bits per heavy atom. The molecule has 0 N–H and O–H groups in total. The van der Waals surface area contributed by atoms with E-state index in [9.17, 15) is 19.7 Å². The van der Waals surface area contributed by atoms with E-state index in [0.29, 0.717) is 13.1 Å². The summed E-state index contributed by atoms with van der Waals surface area (Å²) in [7, 11) is 1.34. The van der Waals surface area contributed by atoms with Crippen LogP contribution in [0.1, 0.15) is 28.4 Å². The number of ether oxygens (including phenoxy) is 2. The van der Waals surface area contributed by atoms with Gasteiger partial charge in [-0.25, -0.2) is 4.79 Å². The van der Waals surface area contributed by atoms with Crippen molar-refractivity contribution >= 4 is 17.6 Å². The standard InChI is InChI=1S/C25H24N2O6/c1-18(33-25(29)22-15-21(27(30)31)13-14-23(22)32-2)24(28)26(16-19-9-5-3-6-10-19)17-20-11-7-4-8-12-20/h3-15,18H,16-17H2,1-2H3. The van der Waals surface area contributed by atoms with Gasteiger partial charge >= 0.3 is 5.97 Å². The normalized spacial score (nSPS) is 11.3. The lowest BCUT2D eigenvalue weighted by Gasteiger charge is -2.26. The third kappa shape index (κ3) is 6.16. The van der Waals surface area contributed by atoms with Crippen LogP contribution in [-0.4, -0.2) is 34.9 Å². The predicted octanol–water partition coefficient (Wildman–Crippen LogP) is 4.38. The first-order valence-corrected chi connectivity index (χ1v) is 10.3. The third-order valence-corrected chi connectivity index (χ3v) is 4.99. The maximum absolute atomic E-state index is 13.3. The smallest absolute Gasteiger partial charge is 0.342 e. The van der Waals surface area contributed by atoms with Gasteiger partial charge in [-0.3, -0.25) is 14.9 Å². The van der Waals surface area contributed by atoms with Crippen molar-refractivity contribution in [3.8, 4) is 5.75 Å². The number of carbonyl (C=O) groups excluding carboxylic acids is 2. The lowest BCUT2D eigenvalue weighted by Crippen LogP contribution is -2.39. The van der Waals surface area contributed by atoms with Crippen molar-refractivity contribution in [2.45, 2.75) is 26.1 Å². The molecule has 3 rings (SSSR count). The fourth-order valence-electron chi connectivity index (χ4n) is 3.32. The number of carbonyl (C=O) groups is 2. The Morgan fingerprint density at radius 1 is 0.939 bits per heavy atom. The molecule has 33 heavy (non-hydrogen) atoms. The molecular weight excluding hydrogens is 424 g/mol. The Balaban J connectivity index is 1.80. The Bertz CT molecular complexity index is 1080. The molecule has 1 unspecified atom stereocenters. The number of benzene rings is 3. The van der Waals surface area contributed by atoms with Crippen LogP contribution < -0.4 is 4.74 Å². The largest absolute Gasteiger partial charge is 0.496 e. The first kappa shape index (κ1) is 23.5. The first-order valence-electron chi connectivity index (χ1n) is 10.3. The highest BCUT2D eigenvalue weighted by Crippen LogP contribution is 2.25. The first-order chi connectivity index (χ1) is 15.9. The zero-order valence-corrected chi connectivity index (χ0v) is 18.3. The number of rotatable bonds is 9. The molecule has 0 aliphatic carbocycles. The summed E-state index contributed by atoms with van der Waals surface area (Å²) >= 11 is 0. The molecular formula is C25H24N2O6. The minimum absolute atomic E-state index is 0.121. The maximum atomic E-state index is 13.3. The number of amides is 1. The van der Waals surface area contributed by atoms with E-state index in [1.54, 1.807) is 4.90 Å². The third-order valence-electron chi connectivity index (χ3n) is 4.99. The molecule has 1 amide bonds. The molecule has 0 aromatic heterocycles. The van der Waals surface area contributed by atoms with Crippen molar-refractivity contribution in [3.05, 3.63) is 106 Å². The van der Waals surface area contributed by atoms with Gasteiger partial charge in [-0.05, 0) is 24.1 Å². The van der Waals surface area contributed by atoms with Gasteiger partial charge in [-0.15, -0.1) is 0 Å². The van der Waals surface area contributed by atoms with Gasteiger partial charge in [0.25, 0.3) is 11.6 Å². The molecule has 0 heterocycles. The van der Waals surface area contributed by atoms with E-state index >= 15 is 0 Å². The highest BCUT2D eigenvalue weighted by Gasteiger charge is 2.27. The predicted molar refractivity (Wildman–Crippen MR) is 122 cm³/mol. The van der Waals surface area contributed by atoms with E-state index in [4.69, 9.17) is 9.47 Å². The summed E-state index contributed by atoms with van der Waals surface area (Å²) in [6.07, 6.45) is -1.12. The van der Waals surface area contributed by atoms with Gasteiger partial charge in [0.15, 0.2) is 6.10 Å². The number of nitro groups is 1. The number of hydrogen-bond donors (Lipinski definition) is 0.